The largest absolute Gasteiger partial charge is 0.494 e. The van der Waals surface area contributed by atoms with E-state index in [1.807, 2.05) is 55.5 Å². The average molecular weight is 354 g/mol. The van der Waals surface area contributed by atoms with Crippen LogP contribution in [0.1, 0.15) is 44.2 Å². The van der Waals surface area contributed by atoms with E-state index in [2.05, 4.69) is 24.4 Å². The summed E-state index contributed by atoms with van der Waals surface area (Å²) in [5, 5.41) is 3.93. The highest BCUT2D eigenvalue weighted by atomic mass is 16.5. The van der Waals surface area contributed by atoms with Crippen LogP contribution in [0.25, 0.3) is 0 Å². The summed E-state index contributed by atoms with van der Waals surface area (Å²) in [6, 6.07) is 15.3. The Balaban J connectivity index is 1.76. The maximum absolute atomic E-state index is 11.8. The fourth-order valence-electron chi connectivity index (χ4n) is 2.31. The Kier molecular flexibility index (Phi) is 7.68. The number of amides is 1. The Morgan fingerprint density at radius 1 is 1.04 bits per heavy atom. The fraction of sp³-hybridized carbons (Fsp3) is 0.333. The highest BCUT2D eigenvalue weighted by Gasteiger charge is 2.04. The van der Waals surface area contributed by atoms with Crippen molar-refractivity contribution in [3.63, 3.8) is 0 Å². The number of rotatable bonds is 9. The molecule has 0 fully saturated rings. The summed E-state index contributed by atoms with van der Waals surface area (Å²) < 4.78 is 10.9. The molecule has 138 valence electrons. The van der Waals surface area contributed by atoms with Gasteiger partial charge in [0.1, 0.15) is 11.5 Å². The normalized spacial score (nSPS) is 12.0. The Hall–Kier alpha value is -2.82. The molecule has 0 aromatic heterocycles. The standard InChI is InChI=1S/C21H26N2O3/c1-4-16(3)18-8-12-20(13-9-18)26-15-21(24)23-22-14-17-6-10-19(11-7-17)25-5-2/h6-14,16H,4-5,15H2,1-3H3,(H,23,24)/b22-14+. The van der Waals surface area contributed by atoms with E-state index >= 15 is 0 Å². The number of ether oxygens (including phenoxy) is 2. The first-order chi connectivity index (χ1) is 12.6. The lowest BCUT2D eigenvalue weighted by atomic mass is 9.99. The van der Waals surface area contributed by atoms with Crippen LogP contribution in [-0.4, -0.2) is 25.3 Å². The zero-order valence-corrected chi connectivity index (χ0v) is 15.6. The molecule has 0 radical (unpaired) electrons. The van der Waals surface area contributed by atoms with E-state index in [1.165, 1.54) is 5.56 Å². The molecule has 2 aromatic rings. The lowest BCUT2D eigenvalue weighted by Gasteiger charge is -2.10. The van der Waals surface area contributed by atoms with Crippen molar-refractivity contribution >= 4 is 12.1 Å². The first-order valence-electron chi connectivity index (χ1n) is 8.89. The van der Waals surface area contributed by atoms with Gasteiger partial charge in [-0.15, -0.1) is 0 Å². The molecular formula is C21H26N2O3. The molecule has 0 heterocycles. The topological polar surface area (TPSA) is 59.9 Å². The van der Waals surface area contributed by atoms with Crippen LogP contribution in [0.5, 0.6) is 11.5 Å². The van der Waals surface area contributed by atoms with Crippen LogP contribution in [0.4, 0.5) is 0 Å². The molecule has 1 amide bonds. The molecule has 1 atom stereocenters. The van der Waals surface area contributed by atoms with Crippen molar-refractivity contribution < 1.29 is 14.3 Å². The lowest BCUT2D eigenvalue weighted by molar-refractivity contribution is -0.123. The van der Waals surface area contributed by atoms with Crippen LogP contribution in [0.15, 0.2) is 53.6 Å². The first-order valence-corrected chi connectivity index (χ1v) is 8.89. The SMILES string of the molecule is CCOc1ccc(/C=N/NC(=O)COc2ccc(C(C)CC)cc2)cc1. The average Bonchev–Trinajstić information content (AvgIpc) is 2.68. The van der Waals surface area contributed by atoms with Crippen molar-refractivity contribution in [1.29, 1.82) is 0 Å². The number of hydrogen-bond acceptors (Lipinski definition) is 4. The minimum Gasteiger partial charge on any atom is -0.494 e. The second-order valence-corrected chi connectivity index (χ2v) is 5.96. The van der Waals surface area contributed by atoms with Crippen LogP contribution in [0.3, 0.4) is 0 Å². The Morgan fingerprint density at radius 2 is 1.65 bits per heavy atom. The van der Waals surface area contributed by atoms with Crippen molar-refractivity contribution in [2.75, 3.05) is 13.2 Å². The maximum atomic E-state index is 11.8. The second-order valence-electron chi connectivity index (χ2n) is 5.96. The molecule has 0 saturated heterocycles. The molecule has 2 rings (SSSR count). The quantitative estimate of drug-likeness (QED) is 0.544. The summed E-state index contributed by atoms with van der Waals surface area (Å²) in [5.74, 6) is 1.69. The van der Waals surface area contributed by atoms with E-state index in [0.717, 1.165) is 17.7 Å². The van der Waals surface area contributed by atoms with Gasteiger partial charge in [-0.2, -0.15) is 5.10 Å². The van der Waals surface area contributed by atoms with Crippen molar-refractivity contribution in [2.45, 2.75) is 33.1 Å². The van der Waals surface area contributed by atoms with E-state index in [4.69, 9.17) is 9.47 Å². The van der Waals surface area contributed by atoms with E-state index < -0.39 is 0 Å². The van der Waals surface area contributed by atoms with Crippen LogP contribution in [0, 0.1) is 0 Å². The molecule has 26 heavy (non-hydrogen) atoms. The van der Waals surface area contributed by atoms with Gasteiger partial charge in [-0.05, 0) is 66.8 Å². The molecule has 5 nitrogen and oxygen atoms in total. The van der Waals surface area contributed by atoms with Crippen molar-refractivity contribution in [2.24, 2.45) is 5.10 Å². The summed E-state index contributed by atoms with van der Waals surface area (Å²) >= 11 is 0. The molecule has 5 heteroatoms. The summed E-state index contributed by atoms with van der Waals surface area (Å²) in [6.45, 7) is 6.83. The fourth-order valence-corrected chi connectivity index (χ4v) is 2.31. The maximum Gasteiger partial charge on any atom is 0.277 e. The molecule has 0 aliphatic rings. The molecule has 1 unspecified atom stereocenters. The molecule has 0 aliphatic carbocycles. The molecule has 0 bridgehead atoms. The van der Waals surface area contributed by atoms with Crippen LogP contribution in [0.2, 0.25) is 0 Å². The molecule has 1 N–H and O–H groups in total. The molecule has 0 saturated carbocycles. The zero-order chi connectivity index (χ0) is 18.8. The second kappa shape index (κ2) is 10.2. The number of carbonyl (C=O) groups is 1. The van der Waals surface area contributed by atoms with E-state index in [0.29, 0.717) is 18.3 Å². The third-order valence-electron chi connectivity index (χ3n) is 4.03. The molecule has 2 aromatic carbocycles. The summed E-state index contributed by atoms with van der Waals surface area (Å²) in [7, 11) is 0. The first kappa shape index (κ1) is 19.5. The van der Waals surface area contributed by atoms with Crippen LogP contribution in [-0.2, 0) is 4.79 Å². The third kappa shape index (κ3) is 6.24. The van der Waals surface area contributed by atoms with Gasteiger partial charge in [-0.1, -0.05) is 26.0 Å². The van der Waals surface area contributed by atoms with Gasteiger partial charge in [-0.3, -0.25) is 4.79 Å². The minimum absolute atomic E-state index is 0.0801. The number of nitrogens with zero attached hydrogens (tertiary/aromatic N) is 1. The smallest absolute Gasteiger partial charge is 0.277 e. The van der Waals surface area contributed by atoms with Gasteiger partial charge in [0.25, 0.3) is 5.91 Å². The lowest BCUT2D eigenvalue weighted by Crippen LogP contribution is -2.24. The van der Waals surface area contributed by atoms with Gasteiger partial charge in [0.15, 0.2) is 6.61 Å². The Labute approximate surface area is 155 Å². The van der Waals surface area contributed by atoms with Gasteiger partial charge in [-0.25, -0.2) is 5.43 Å². The summed E-state index contributed by atoms with van der Waals surface area (Å²) in [4.78, 5) is 11.8. The Morgan fingerprint density at radius 3 is 2.27 bits per heavy atom. The number of benzene rings is 2. The van der Waals surface area contributed by atoms with Crippen LogP contribution >= 0.6 is 0 Å². The highest BCUT2D eigenvalue weighted by molar-refractivity contribution is 5.83. The van der Waals surface area contributed by atoms with Crippen LogP contribution < -0.4 is 14.9 Å². The van der Waals surface area contributed by atoms with Crippen molar-refractivity contribution in [3.05, 3.63) is 59.7 Å². The summed E-state index contributed by atoms with van der Waals surface area (Å²) in [5.41, 5.74) is 4.59. The molecular weight excluding hydrogens is 328 g/mol. The number of hydrogen-bond donors (Lipinski definition) is 1. The zero-order valence-electron chi connectivity index (χ0n) is 15.6. The predicted octanol–water partition coefficient (Wildman–Crippen LogP) is 4.13. The van der Waals surface area contributed by atoms with Gasteiger partial charge < -0.3 is 9.47 Å². The van der Waals surface area contributed by atoms with E-state index in [1.54, 1.807) is 6.21 Å². The predicted molar refractivity (Wildman–Crippen MR) is 104 cm³/mol. The van der Waals surface area contributed by atoms with Gasteiger partial charge in [0, 0.05) is 0 Å². The monoisotopic (exact) mass is 354 g/mol. The third-order valence-corrected chi connectivity index (χ3v) is 4.03. The van der Waals surface area contributed by atoms with E-state index in [9.17, 15) is 4.79 Å². The Bertz CT molecular complexity index is 709. The number of hydrazone groups is 1. The molecule has 0 aliphatic heterocycles. The molecule has 0 spiro atoms. The number of carbonyl (C=O) groups excluding carboxylic acids is 1. The van der Waals surface area contributed by atoms with E-state index in [-0.39, 0.29) is 12.5 Å². The number of nitrogens with one attached hydrogen (secondary N) is 1. The van der Waals surface area contributed by atoms with Gasteiger partial charge in [0.05, 0.1) is 12.8 Å². The minimum atomic E-state index is -0.307. The van der Waals surface area contributed by atoms with Crippen molar-refractivity contribution in [1.82, 2.24) is 5.43 Å². The van der Waals surface area contributed by atoms with Gasteiger partial charge >= 0.3 is 0 Å². The highest BCUT2D eigenvalue weighted by Crippen LogP contribution is 2.21. The van der Waals surface area contributed by atoms with Gasteiger partial charge in [0.2, 0.25) is 0 Å². The van der Waals surface area contributed by atoms with Crippen molar-refractivity contribution in [3.8, 4) is 11.5 Å². The summed E-state index contributed by atoms with van der Waals surface area (Å²) in [6.07, 6.45) is 2.67.